The molecule has 3 atom stereocenters. The van der Waals surface area contributed by atoms with Crippen LogP contribution in [-0.2, 0) is 14.4 Å². The summed E-state index contributed by atoms with van der Waals surface area (Å²) in [5, 5.41) is 9.29. The van der Waals surface area contributed by atoms with Crippen molar-refractivity contribution in [3.05, 3.63) is 0 Å². The van der Waals surface area contributed by atoms with Crippen molar-refractivity contribution < 1.29 is 19.5 Å². The number of aliphatic carboxylic acids is 1. The van der Waals surface area contributed by atoms with E-state index in [0.29, 0.717) is 6.42 Å². The maximum absolute atomic E-state index is 12.0. The fraction of sp³-hybridized carbons (Fsp3) is 0.750. The van der Waals surface area contributed by atoms with Crippen molar-refractivity contribution in [3.8, 4) is 0 Å². The largest absolute Gasteiger partial charge is 0.479 e. The van der Waals surface area contributed by atoms with Gasteiger partial charge in [-0.2, -0.15) is 0 Å². The average Bonchev–Trinajstić information content (AvgIpc) is 2.44. The molecule has 1 N–H and O–H groups in total. The summed E-state index contributed by atoms with van der Waals surface area (Å²) in [7, 11) is 0. The van der Waals surface area contributed by atoms with Crippen molar-refractivity contribution in [2.45, 2.75) is 46.1 Å². The zero-order valence-electron chi connectivity index (χ0n) is 10.7. The van der Waals surface area contributed by atoms with E-state index in [2.05, 4.69) is 0 Å². The zero-order chi connectivity index (χ0) is 13.4. The molecule has 5 nitrogen and oxygen atoms in total. The third-order valence-corrected chi connectivity index (χ3v) is 3.66. The first kappa shape index (κ1) is 13.7. The molecular formula is C12H19NO4. The van der Waals surface area contributed by atoms with Crippen LogP contribution in [0.5, 0.6) is 0 Å². The Bertz CT molecular complexity index is 346. The van der Waals surface area contributed by atoms with Crippen LogP contribution >= 0.6 is 0 Å². The van der Waals surface area contributed by atoms with Crippen molar-refractivity contribution in [3.63, 3.8) is 0 Å². The van der Waals surface area contributed by atoms with Gasteiger partial charge in [-0.15, -0.1) is 0 Å². The highest BCUT2D eigenvalue weighted by atomic mass is 16.4. The Balaban J connectivity index is 3.17. The highest BCUT2D eigenvalue weighted by Gasteiger charge is 2.53. The normalized spacial score (nSPS) is 28.4. The molecule has 0 aromatic heterocycles. The smallest absolute Gasteiger partial charge is 0.329 e. The van der Waals surface area contributed by atoms with E-state index in [1.54, 1.807) is 13.8 Å². The van der Waals surface area contributed by atoms with Crippen molar-refractivity contribution in [1.29, 1.82) is 0 Å². The van der Waals surface area contributed by atoms with Gasteiger partial charge in [0.25, 0.3) is 0 Å². The minimum atomic E-state index is -1.41. The minimum Gasteiger partial charge on any atom is -0.479 e. The summed E-state index contributed by atoms with van der Waals surface area (Å²) in [4.78, 5) is 36.3. The molecule has 17 heavy (non-hydrogen) atoms. The molecule has 0 aromatic rings. The third kappa shape index (κ3) is 1.94. The summed E-state index contributed by atoms with van der Waals surface area (Å²) in [5.41, 5.74) is -1.41. The Morgan fingerprint density at radius 1 is 1.29 bits per heavy atom. The van der Waals surface area contributed by atoms with Crippen LogP contribution in [0.3, 0.4) is 0 Å². The molecule has 0 aromatic carbocycles. The van der Waals surface area contributed by atoms with Gasteiger partial charge in [-0.25, -0.2) is 4.79 Å². The molecule has 96 valence electrons. The number of carboxylic acids is 1. The Hall–Kier alpha value is -1.39. The Labute approximate surface area is 101 Å². The van der Waals surface area contributed by atoms with Gasteiger partial charge < -0.3 is 5.11 Å². The van der Waals surface area contributed by atoms with Crippen molar-refractivity contribution in [1.82, 2.24) is 4.90 Å². The van der Waals surface area contributed by atoms with Gasteiger partial charge in [0, 0.05) is 11.8 Å². The fourth-order valence-corrected chi connectivity index (χ4v) is 2.23. The molecule has 0 spiro atoms. The Morgan fingerprint density at radius 2 is 1.71 bits per heavy atom. The number of nitrogens with zero attached hydrogens (tertiary/aromatic N) is 1. The lowest BCUT2D eigenvalue weighted by molar-refractivity contribution is -0.163. The van der Waals surface area contributed by atoms with E-state index in [-0.39, 0.29) is 18.2 Å². The minimum absolute atomic E-state index is 0.277. The molecule has 1 saturated heterocycles. The van der Waals surface area contributed by atoms with Gasteiger partial charge in [-0.3, -0.25) is 14.5 Å². The van der Waals surface area contributed by atoms with Crippen LogP contribution in [0.1, 0.15) is 40.5 Å². The Morgan fingerprint density at radius 3 is 2.00 bits per heavy atom. The first-order valence-corrected chi connectivity index (χ1v) is 5.88. The molecule has 1 aliphatic rings. The number of hydrogen-bond acceptors (Lipinski definition) is 3. The number of rotatable bonds is 4. The van der Waals surface area contributed by atoms with E-state index in [1.807, 2.05) is 6.92 Å². The van der Waals surface area contributed by atoms with Gasteiger partial charge in [0.1, 0.15) is 5.54 Å². The maximum Gasteiger partial charge on any atom is 0.329 e. The summed E-state index contributed by atoms with van der Waals surface area (Å²) < 4.78 is 0. The van der Waals surface area contributed by atoms with E-state index >= 15 is 0 Å². The van der Waals surface area contributed by atoms with Crippen LogP contribution in [0.2, 0.25) is 0 Å². The van der Waals surface area contributed by atoms with E-state index < -0.39 is 23.3 Å². The lowest BCUT2D eigenvalue weighted by atomic mass is 9.94. The van der Waals surface area contributed by atoms with Crippen LogP contribution in [-0.4, -0.2) is 33.3 Å². The van der Waals surface area contributed by atoms with Crippen LogP contribution in [0, 0.1) is 11.8 Å². The number of imide groups is 1. The number of hydrogen-bond donors (Lipinski definition) is 1. The highest BCUT2D eigenvalue weighted by molar-refractivity contribution is 6.08. The summed E-state index contributed by atoms with van der Waals surface area (Å²) in [6.07, 6.45) is 0.877. The van der Waals surface area contributed by atoms with Gasteiger partial charge in [0.2, 0.25) is 11.8 Å². The predicted octanol–water partition coefficient (Wildman–Crippen LogP) is 1.27. The molecule has 0 saturated carbocycles. The molecule has 2 amide bonds. The summed E-state index contributed by atoms with van der Waals surface area (Å²) in [6, 6.07) is 0. The first-order valence-electron chi connectivity index (χ1n) is 5.88. The predicted molar refractivity (Wildman–Crippen MR) is 61.1 cm³/mol. The SMILES string of the molecule is CCCC(C)(C(=O)O)N1C(=O)C(C)C(C)C1=O. The standard InChI is InChI=1S/C12H19NO4/c1-5-6-12(4,11(16)17)13-9(14)7(2)8(3)10(13)15/h7-8H,5-6H2,1-4H3,(H,16,17). The number of carbonyl (C=O) groups excluding carboxylic acids is 2. The molecule has 1 fully saturated rings. The fourth-order valence-electron chi connectivity index (χ4n) is 2.23. The second-order valence-electron chi connectivity index (χ2n) is 4.92. The summed E-state index contributed by atoms with van der Waals surface area (Å²) in [6.45, 7) is 6.61. The van der Waals surface area contributed by atoms with Gasteiger partial charge in [-0.05, 0) is 13.3 Å². The second kappa shape index (κ2) is 4.47. The van der Waals surface area contributed by atoms with Crippen LogP contribution in [0.15, 0.2) is 0 Å². The molecule has 0 radical (unpaired) electrons. The zero-order valence-corrected chi connectivity index (χ0v) is 10.7. The maximum atomic E-state index is 12.0. The van der Waals surface area contributed by atoms with Gasteiger partial charge >= 0.3 is 5.97 Å². The summed E-state index contributed by atoms with van der Waals surface area (Å²) >= 11 is 0. The van der Waals surface area contributed by atoms with Gasteiger partial charge in [-0.1, -0.05) is 27.2 Å². The summed E-state index contributed by atoms with van der Waals surface area (Å²) in [5.74, 6) is -2.74. The number of likely N-dealkylation sites (tertiary alicyclic amines) is 1. The number of carbonyl (C=O) groups is 3. The molecule has 1 aliphatic heterocycles. The van der Waals surface area contributed by atoms with Crippen LogP contribution < -0.4 is 0 Å². The molecular weight excluding hydrogens is 222 g/mol. The second-order valence-corrected chi connectivity index (χ2v) is 4.92. The van der Waals surface area contributed by atoms with Crippen molar-refractivity contribution >= 4 is 17.8 Å². The molecule has 3 unspecified atom stereocenters. The van der Waals surface area contributed by atoms with Crippen LogP contribution in [0.25, 0.3) is 0 Å². The lowest BCUT2D eigenvalue weighted by Gasteiger charge is -2.33. The van der Waals surface area contributed by atoms with E-state index in [0.717, 1.165) is 4.90 Å². The quantitative estimate of drug-likeness (QED) is 0.752. The molecule has 5 heteroatoms. The number of carboxylic acid groups (broad SMARTS) is 1. The first-order chi connectivity index (χ1) is 7.77. The lowest BCUT2D eigenvalue weighted by Crippen LogP contribution is -2.55. The average molecular weight is 241 g/mol. The third-order valence-electron chi connectivity index (χ3n) is 3.66. The van der Waals surface area contributed by atoms with Crippen LogP contribution in [0.4, 0.5) is 0 Å². The highest BCUT2D eigenvalue weighted by Crippen LogP contribution is 2.34. The molecule has 0 aliphatic carbocycles. The molecule has 0 bridgehead atoms. The topological polar surface area (TPSA) is 74.7 Å². The van der Waals surface area contributed by atoms with E-state index in [1.165, 1.54) is 6.92 Å². The van der Waals surface area contributed by atoms with Gasteiger partial charge in [0.05, 0.1) is 0 Å². The molecule has 1 rings (SSSR count). The van der Waals surface area contributed by atoms with E-state index in [4.69, 9.17) is 0 Å². The monoisotopic (exact) mass is 241 g/mol. The Kier molecular flexibility index (Phi) is 3.59. The van der Waals surface area contributed by atoms with Crippen molar-refractivity contribution in [2.75, 3.05) is 0 Å². The number of amides is 2. The molecule has 1 heterocycles. The van der Waals surface area contributed by atoms with Crippen molar-refractivity contribution in [2.24, 2.45) is 11.8 Å². The van der Waals surface area contributed by atoms with Gasteiger partial charge in [0.15, 0.2) is 0 Å². The van der Waals surface area contributed by atoms with E-state index in [9.17, 15) is 19.5 Å².